The lowest BCUT2D eigenvalue weighted by molar-refractivity contribution is -0.125. The molecule has 0 bridgehead atoms. The Kier molecular flexibility index (Phi) is 5.86. The number of carbonyl (C=O) groups is 1. The summed E-state index contributed by atoms with van der Waals surface area (Å²) in [6, 6.07) is 9.51. The average Bonchev–Trinajstić information content (AvgIpc) is 2.43. The molecule has 18 heavy (non-hydrogen) atoms. The van der Waals surface area contributed by atoms with Crippen molar-refractivity contribution in [1.82, 2.24) is 5.32 Å². The van der Waals surface area contributed by atoms with Crippen LogP contribution in [0.5, 0.6) is 0 Å². The van der Waals surface area contributed by atoms with Crippen molar-refractivity contribution in [2.24, 2.45) is 17.6 Å². The zero-order chi connectivity index (χ0) is 13.5. The summed E-state index contributed by atoms with van der Waals surface area (Å²) in [7, 11) is 0. The molecule has 0 radical (unpaired) electrons. The molecule has 0 fully saturated rings. The molecule has 100 valence electrons. The highest BCUT2D eigenvalue weighted by Crippen LogP contribution is 2.19. The number of hydrogen-bond donors (Lipinski definition) is 2. The van der Waals surface area contributed by atoms with E-state index in [4.69, 9.17) is 5.73 Å². The summed E-state index contributed by atoms with van der Waals surface area (Å²) in [5, 5.41) is 2.96. The molecule has 0 saturated heterocycles. The van der Waals surface area contributed by atoms with Crippen LogP contribution in [0, 0.1) is 11.8 Å². The third-order valence-corrected chi connectivity index (χ3v) is 3.46. The summed E-state index contributed by atoms with van der Waals surface area (Å²) in [5.41, 5.74) is 7.12. The van der Waals surface area contributed by atoms with E-state index in [2.05, 4.69) is 19.2 Å². The second-order valence-electron chi connectivity index (χ2n) is 4.98. The van der Waals surface area contributed by atoms with Crippen molar-refractivity contribution in [2.75, 3.05) is 6.54 Å². The lowest BCUT2D eigenvalue weighted by atomic mass is 9.94. The predicted octanol–water partition coefficient (Wildman–Crippen LogP) is 2.48. The van der Waals surface area contributed by atoms with Crippen molar-refractivity contribution in [3.05, 3.63) is 35.9 Å². The van der Waals surface area contributed by atoms with Crippen molar-refractivity contribution in [2.45, 2.75) is 33.2 Å². The third-order valence-electron chi connectivity index (χ3n) is 3.46. The van der Waals surface area contributed by atoms with Crippen LogP contribution in [0.25, 0.3) is 0 Å². The van der Waals surface area contributed by atoms with Crippen LogP contribution in [0.1, 0.15) is 38.8 Å². The van der Waals surface area contributed by atoms with Crippen LogP contribution in [0.4, 0.5) is 0 Å². The van der Waals surface area contributed by atoms with Crippen LogP contribution in [0.3, 0.4) is 0 Å². The lowest BCUT2D eigenvalue weighted by Gasteiger charge is -2.20. The van der Waals surface area contributed by atoms with Gasteiger partial charge in [-0.1, -0.05) is 57.5 Å². The van der Waals surface area contributed by atoms with E-state index in [9.17, 15) is 4.79 Å². The molecular formula is C15H24N2O. The highest BCUT2D eigenvalue weighted by molar-refractivity contribution is 5.79. The predicted molar refractivity (Wildman–Crippen MR) is 75.0 cm³/mol. The first-order valence-electron chi connectivity index (χ1n) is 6.64. The molecule has 3 atom stereocenters. The molecule has 0 aliphatic carbocycles. The Hall–Kier alpha value is -1.35. The maximum absolute atomic E-state index is 12.0. The van der Waals surface area contributed by atoms with Crippen LogP contribution in [-0.2, 0) is 4.79 Å². The highest BCUT2D eigenvalue weighted by atomic mass is 16.1. The number of amides is 1. The monoisotopic (exact) mass is 248 g/mol. The van der Waals surface area contributed by atoms with Crippen molar-refractivity contribution < 1.29 is 4.79 Å². The van der Waals surface area contributed by atoms with Gasteiger partial charge in [0.15, 0.2) is 0 Å². The van der Waals surface area contributed by atoms with Crippen molar-refractivity contribution in [3.63, 3.8) is 0 Å². The number of carbonyl (C=O) groups excluding carboxylic acids is 1. The number of nitrogens with two attached hydrogens (primary N) is 1. The first kappa shape index (κ1) is 14.7. The molecule has 3 heteroatoms. The molecule has 3 unspecified atom stereocenters. The minimum Gasteiger partial charge on any atom is -0.356 e. The van der Waals surface area contributed by atoms with E-state index in [0.717, 1.165) is 18.5 Å². The second kappa shape index (κ2) is 7.17. The van der Waals surface area contributed by atoms with Gasteiger partial charge in [-0.2, -0.15) is 0 Å². The normalized spacial score (nSPS) is 15.8. The third kappa shape index (κ3) is 4.15. The Balaban J connectivity index is 2.53. The second-order valence-corrected chi connectivity index (χ2v) is 4.98. The van der Waals surface area contributed by atoms with Crippen molar-refractivity contribution in [3.8, 4) is 0 Å². The minimum absolute atomic E-state index is 0.0339. The molecule has 0 aliphatic heterocycles. The molecule has 1 amide bonds. The van der Waals surface area contributed by atoms with E-state index in [0.29, 0.717) is 5.92 Å². The summed E-state index contributed by atoms with van der Waals surface area (Å²) in [5.74, 6) is 0.331. The van der Waals surface area contributed by atoms with E-state index < -0.39 is 0 Å². The number of hydrogen-bond acceptors (Lipinski definition) is 2. The Bertz CT molecular complexity index is 364. The minimum atomic E-state index is -0.247. The molecule has 3 N–H and O–H groups in total. The first-order valence-corrected chi connectivity index (χ1v) is 6.64. The van der Waals surface area contributed by atoms with E-state index in [-0.39, 0.29) is 17.9 Å². The number of nitrogens with one attached hydrogen (secondary N) is 1. The van der Waals surface area contributed by atoms with E-state index in [1.165, 1.54) is 0 Å². The molecule has 0 aliphatic rings. The van der Waals surface area contributed by atoms with Gasteiger partial charge in [0.05, 0.1) is 5.92 Å². The lowest BCUT2D eigenvalue weighted by Crippen LogP contribution is -2.37. The van der Waals surface area contributed by atoms with Gasteiger partial charge in [-0.15, -0.1) is 0 Å². The number of rotatable bonds is 6. The molecule has 0 heterocycles. The van der Waals surface area contributed by atoms with Gasteiger partial charge in [0, 0.05) is 12.6 Å². The Morgan fingerprint density at radius 2 is 1.89 bits per heavy atom. The number of benzene rings is 1. The smallest absolute Gasteiger partial charge is 0.224 e. The van der Waals surface area contributed by atoms with Gasteiger partial charge in [0.1, 0.15) is 0 Å². The van der Waals surface area contributed by atoms with Crippen LogP contribution in [0.15, 0.2) is 30.3 Å². The van der Waals surface area contributed by atoms with Gasteiger partial charge in [-0.25, -0.2) is 0 Å². The first-order chi connectivity index (χ1) is 8.56. The summed E-state index contributed by atoms with van der Waals surface area (Å²) < 4.78 is 0. The molecule has 0 saturated carbocycles. The topological polar surface area (TPSA) is 55.1 Å². The fraction of sp³-hybridized carbons (Fsp3) is 0.533. The van der Waals surface area contributed by atoms with E-state index in [1.807, 2.05) is 37.3 Å². The van der Waals surface area contributed by atoms with Crippen LogP contribution in [-0.4, -0.2) is 12.5 Å². The molecular weight excluding hydrogens is 224 g/mol. The molecule has 1 aromatic carbocycles. The largest absolute Gasteiger partial charge is 0.356 e. The zero-order valence-corrected chi connectivity index (χ0v) is 11.5. The van der Waals surface area contributed by atoms with Crippen LogP contribution >= 0.6 is 0 Å². The summed E-state index contributed by atoms with van der Waals surface area (Å²) in [4.78, 5) is 12.0. The summed E-state index contributed by atoms with van der Waals surface area (Å²) >= 11 is 0. The summed E-state index contributed by atoms with van der Waals surface area (Å²) in [6.07, 6.45) is 1.07. The van der Waals surface area contributed by atoms with Crippen LogP contribution < -0.4 is 11.1 Å². The molecule has 0 aromatic heterocycles. The van der Waals surface area contributed by atoms with Gasteiger partial charge < -0.3 is 11.1 Å². The fourth-order valence-electron chi connectivity index (χ4n) is 1.71. The fourth-order valence-corrected chi connectivity index (χ4v) is 1.71. The molecule has 0 spiro atoms. The standard InChI is InChI=1S/C15H24N2O/c1-4-11(2)10-17-15(18)12(3)14(16)13-8-6-5-7-9-13/h5-9,11-12,14H,4,10,16H2,1-3H3,(H,17,18). The van der Waals surface area contributed by atoms with Gasteiger partial charge in [0.2, 0.25) is 5.91 Å². The quantitative estimate of drug-likeness (QED) is 0.812. The van der Waals surface area contributed by atoms with Crippen molar-refractivity contribution in [1.29, 1.82) is 0 Å². The molecule has 1 aromatic rings. The van der Waals surface area contributed by atoms with Gasteiger partial charge in [0.25, 0.3) is 0 Å². The Labute approximate surface area is 110 Å². The SMILES string of the molecule is CCC(C)CNC(=O)C(C)C(N)c1ccccc1. The maximum atomic E-state index is 12.0. The average molecular weight is 248 g/mol. The Morgan fingerprint density at radius 3 is 2.44 bits per heavy atom. The van der Waals surface area contributed by atoms with Gasteiger partial charge in [-0.3, -0.25) is 4.79 Å². The van der Waals surface area contributed by atoms with Gasteiger partial charge >= 0.3 is 0 Å². The molecule has 1 rings (SSSR count). The summed E-state index contributed by atoms with van der Waals surface area (Å²) in [6.45, 7) is 6.85. The maximum Gasteiger partial charge on any atom is 0.224 e. The van der Waals surface area contributed by atoms with E-state index >= 15 is 0 Å². The van der Waals surface area contributed by atoms with Gasteiger partial charge in [-0.05, 0) is 11.5 Å². The molecule has 3 nitrogen and oxygen atoms in total. The van der Waals surface area contributed by atoms with Crippen LogP contribution in [0.2, 0.25) is 0 Å². The van der Waals surface area contributed by atoms with Crippen molar-refractivity contribution >= 4 is 5.91 Å². The zero-order valence-electron chi connectivity index (χ0n) is 11.5. The Morgan fingerprint density at radius 1 is 1.28 bits per heavy atom. The highest BCUT2D eigenvalue weighted by Gasteiger charge is 2.21. The van der Waals surface area contributed by atoms with E-state index in [1.54, 1.807) is 0 Å².